The number of halogens is 2. The molecule has 4 aliphatic carbocycles. The summed E-state index contributed by atoms with van der Waals surface area (Å²) in [6.45, 7) is 22.2. The van der Waals surface area contributed by atoms with Crippen LogP contribution in [0.1, 0.15) is 139 Å². The van der Waals surface area contributed by atoms with E-state index in [1.54, 1.807) is 12.8 Å². The topological polar surface area (TPSA) is 12.4 Å². The van der Waals surface area contributed by atoms with Crippen molar-refractivity contribution in [1.29, 1.82) is 0 Å². The summed E-state index contributed by atoms with van der Waals surface area (Å²) < 4.78 is 0.714. The van der Waals surface area contributed by atoms with Crippen molar-refractivity contribution in [2.75, 3.05) is 0 Å². The van der Waals surface area contributed by atoms with Crippen LogP contribution in [0.5, 0.6) is 0 Å². The van der Waals surface area contributed by atoms with Crippen LogP contribution in [0, 0.1) is 51.8 Å². The summed E-state index contributed by atoms with van der Waals surface area (Å²) in [7, 11) is 0. The largest absolute Gasteiger partial charge is 0.0645 e. The van der Waals surface area contributed by atoms with Gasteiger partial charge in [-0.05, 0) is 26.7 Å². The molecule has 0 unspecified atom stereocenters. The third-order valence-corrected chi connectivity index (χ3v) is 21.8. The van der Waals surface area contributed by atoms with Crippen molar-refractivity contribution < 1.29 is 17.2 Å². The second kappa shape index (κ2) is 11.6. The number of aliphatic imine (C=N–C) groups is 1. The molecule has 0 aromatic carbocycles. The Morgan fingerprint density at radius 1 is 1.00 bits per heavy atom. The van der Waals surface area contributed by atoms with Crippen molar-refractivity contribution in [1.82, 2.24) is 0 Å². The van der Waals surface area contributed by atoms with E-state index < -0.39 is 0 Å². The fraction of sp³-hybridized carbons (Fsp3) is 0.912. The Hall–Kier alpha value is 0.870. The van der Waals surface area contributed by atoms with Crippen molar-refractivity contribution in [2.24, 2.45) is 56.7 Å². The number of alkyl halides is 1. The second-order valence-electron chi connectivity index (χ2n) is 15.0. The molecule has 4 fully saturated rings. The fourth-order valence-electron chi connectivity index (χ4n) is 10.5. The van der Waals surface area contributed by atoms with Crippen molar-refractivity contribution in [2.45, 2.75) is 143 Å². The normalized spacial score (nSPS) is 43.8. The van der Waals surface area contributed by atoms with E-state index in [0.29, 0.717) is 31.5 Å². The summed E-state index contributed by atoms with van der Waals surface area (Å²) in [6, 6.07) is 0. The van der Waals surface area contributed by atoms with Gasteiger partial charge in [0.2, 0.25) is 0 Å². The molecule has 37 heavy (non-hydrogen) atoms. The third kappa shape index (κ3) is 5.55. The summed E-state index contributed by atoms with van der Waals surface area (Å²) in [4.78, 5) is 5.26. The molecule has 0 heterocycles. The second-order valence-corrected chi connectivity index (χ2v) is 20.8. The molecule has 0 aromatic heterocycles. The first-order valence-corrected chi connectivity index (χ1v) is 23.2. The van der Waals surface area contributed by atoms with Crippen LogP contribution in [0.15, 0.2) is 16.8 Å². The standard InChI is InChI=1S/C34H58I2N/c1-10-30(31(6,11-2)12-3)37-24(5)21-23(4)27-15-16-28-26-14-13-25-22-32(7,36-35)19-20-33(25,8)29(26)17-18-34(27,28)9/h10,23,25-29H,11-22H2,1-9H3/q-1/b30-10-,37-24?/t23-,25+,26-,27+,28-,29-,32+,33-,34+/m0/s1. The molecular weight excluding hydrogens is 676 g/mol. The molecule has 0 amide bonds. The molecule has 4 rings (SSSR count). The van der Waals surface area contributed by atoms with E-state index in [4.69, 9.17) is 4.99 Å². The third-order valence-electron chi connectivity index (χ3n) is 13.2. The van der Waals surface area contributed by atoms with Crippen LogP contribution in [0.4, 0.5) is 0 Å². The zero-order chi connectivity index (χ0) is 27.2. The van der Waals surface area contributed by atoms with Gasteiger partial charge in [0, 0.05) is 11.1 Å². The van der Waals surface area contributed by atoms with Gasteiger partial charge in [-0.2, -0.15) is 0 Å². The fourth-order valence-corrected chi connectivity index (χ4v) is 14.1. The van der Waals surface area contributed by atoms with Crippen LogP contribution in [0.3, 0.4) is 0 Å². The van der Waals surface area contributed by atoms with Crippen molar-refractivity contribution in [3.05, 3.63) is 11.8 Å². The molecule has 0 spiro atoms. The molecule has 4 saturated carbocycles. The molecule has 0 radical (unpaired) electrons. The van der Waals surface area contributed by atoms with Crippen LogP contribution in [-0.4, -0.2) is 9.13 Å². The van der Waals surface area contributed by atoms with Gasteiger partial charge in [-0.3, -0.25) is 4.99 Å². The van der Waals surface area contributed by atoms with Crippen LogP contribution in [-0.2, 0) is 0 Å². The number of hydrogen-bond acceptors (Lipinski definition) is 1. The molecule has 0 saturated heterocycles. The maximum Gasteiger partial charge on any atom is 0.00893 e. The van der Waals surface area contributed by atoms with Gasteiger partial charge in [0.05, 0.1) is 0 Å². The van der Waals surface area contributed by atoms with Crippen LogP contribution < -0.4 is 17.2 Å². The van der Waals surface area contributed by atoms with Gasteiger partial charge in [-0.1, -0.05) is 26.8 Å². The molecule has 0 N–H and O–H groups in total. The van der Waals surface area contributed by atoms with E-state index in [2.05, 4.69) is 87.0 Å². The van der Waals surface area contributed by atoms with E-state index in [-0.39, 0.29) is 5.41 Å². The molecule has 1 nitrogen and oxygen atoms in total. The van der Waals surface area contributed by atoms with Gasteiger partial charge in [0.15, 0.2) is 0 Å². The summed E-state index contributed by atoms with van der Waals surface area (Å²) in [5.41, 5.74) is 4.10. The Morgan fingerprint density at radius 2 is 1.68 bits per heavy atom. The zero-order valence-corrected chi connectivity index (χ0v) is 30.0. The first-order valence-electron chi connectivity index (χ1n) is 15.9. The van der Waals surface area contributed by atoms with Crippen LogP contribution in [0.2, 0.25) is 0 Å². The molecule has 214 valence electrons. The Morgan fingerprint density at radius 3 is 2.30 bits per heavy atom. The van der Waals surface area contributed by atoms with E-state index in [1.807, 2.05) is 0 Å². The van der Waals surface area contributed by atoms with Crippen molar-refractivity contribution in [3.63, 3.8) is 0 Å². The minimum atomic E-state index is 0.214. The Bertz CT molecular complexity index is 873. The smallest absolute Gasteiger partial charge is 0.00893 e. The predicted molar refractivity (Wildman–Crippen MR) is 167 cm³/mol. The van der Waals surface area contributed by atoms with E-state index in [0.717, 1.165) is 35.5 Å². The first kappa shape index (κ1) is 30.8. The van der Waals surface area contributed by atoms with E-state index in [1.165, 1.54) is 75.6 Å². The van der Waals surface area contributed by atoms with Gasteiger partial charge in [0.25, 0.3) is 0 Å². The average molecular weight is 735 g/mol. The molecule has 3 heteroatoms. The summed E-state index contributed by atoms with van der Waals surface area (Å²) in [5.74, 6) is 5.64. The molecule has 0 aliphatic heterocycles. The molecule has 0 aromatic rings. The summed E-state index contributed by atoms with van der Waals surface area (Å²) >= 11 is 3.11. The minimum Gasteiger partial charge on any atom is -0.0645 e. The van der Waals surface area contributed by atoms with Gasteiger partial charge < -0.3 is 0 Å². The zero-order valence-electron chi connectivity index (χ0n) is 25.7. The van der Waals surface area contributed by atoms with Gasteiger partial charge >= 0.3 is 183 Å². The Kier molecular flexibility index (Phi) is 9.69. The molecular formula is C34H58I2N-. The van der Waals surface area contributed by atoms with Crippen molar-refractivity contribution >= 4 is 24.3 Å². The quantitative estimate of drug-likeness (QED) is 0.136. The van der Waals surface area contributed by atoms with Crippen LogP contribution in [0.25, 0.3) is 0 Å². The number of allylic oxidation sites excluding steroid dienone is 2. The minimum absolute atomic E-state index is 0.214. The molecule has 4 aliphatic rings. The maximum atomic E-state index is 5.26. The molecule has 9 atom stereocenters. The van der Waals surface area contributed by atoms with E-state index >= 15 is 0 Å². The summed E-state index contributed by atoms with van der Waals surface area (Å²) in [5, 5.41) is 0. The van der Waals surface area contributed by atoms with Crippen LogP contribution >= 0.6 is 18.6 Å². The Balaban J connectivity index is 1.47. The Labute approximate surface area is 251 Å². The van der Waals surface area contributed by atoms with Gasteiger partial charge in [-0.25, -0.2) is 0 Å². The first-order chi connectivity index (χ1) is 17.4. The van der Waals surface area contributed by atoms with Crippen molar-refractivity contribution in [3.8, 4) is 0 Å². The number of nitrogens with zero attached hydrogens (tertiary/aromatic N) is 1. The maximum absolute atomic E-state index is 5.26. The average Bonchev–Trinajstić information content (AvgIpc) is 3.24. The molecule has 0 bridgehead atoms. The monoisotopic (exact) mass is 734 g/mol. The van der Waals surface area contributed by atoms with E-state index in [9.17, 15) is 0 Å². The van der Waals surface area contributed by atoms with Gasteiger partial charge in [-0.15, -0.1) is 0 Å². The summed E-state index contributed by atoms with van der Waals surface area (Å²) in [6.07, 6.45) is 19.4. The number of fused-ring (bicyclic) bond motifs is 5. The number of rotatable bonds is 8. The number of hydrogen-bond donors (Lipinski definition) is 0. The van der Waals surface area contributed by atoms with Gasteiger partial charge in [0.1, 0.15) is 0 Å². The predicted octanol–water partition coefficient (Wildman–Crippen LogP) is 8.06. The SMILES string of the molecule is C/C=C(\N=C(C)C[C@H](C)[C@H]1CC[C@H]2[C@@H]3CC[C@@H]4C[C@](C)([I-]I)CC[C@]4(C)[C@H]3CC[C@]12C)C(C)(CC)CC.